The van der Waals surface area contributed by atoms with Gasteiger partial charge in [-0.2, -0.15) is 5.10 Å². The maximum absolute atomic E-state index is 12.3. The van der Waals surface area contributed by atoms with Gasteiger partial charge >= 0.3 is 0 Å². The first-order valence-corrected chi connectivity index (χ1v) is 8.20. The highest BCUT2D eigenvalue weighted by atomic mass is 32.1. The number of anilines is 1. The number of rotatable bonds is 4. The SMILES string of the molecule is Cc1nn(C)c2sc(C(=O)NCCc3cscn3)c(N)c12. The zero-order chi connectivity index (χ0) is 15.0. The minimum atomic E-state index is -0.136. The highest BCUT2D eigenvalue weighted by Gasteiger charge is 2.20. The molecule has 0 aliphatic heterocycles. The minimum Gasteiger partial charge on any atom is -0.397 e. The van der Waals surface area contributed by atoms with Crippen LogP contribution >= 0.6 is 22.7 Å². The molecule has 0 spiro atoms. The third kappa shape index (κ3) is 2.52. The molecule has 0 atom stereocenters. The molecule has 110 valence electrons. The first-order valence-electron chi connectivity index (χ1n) is 6.44. The molecule has 3 heterocycles. The van der Waals surface area contributed by atoms with Crippen LogP contribution in [0.1, 0.15) is 21.1 Å². The van der Waals surface area contributed by atoms with Gasteiger partial charge in [0.1, 0.15) is 9.71 Å². The van der Waals surface area contributed by atoms with E-state index in [0.717, 1.165) is 28.0 Å². The van der Waals surface area contributed by atoms with Crippen LogP contribution in [0.4, 0.5) is 5.69 Å². The van der Waals surface area contributed by atoms with Gasteiger partial charge in [0.25, 0.3) is 5.91 Å². The quantitative estimate of drug-likeness (QED) is 0.769. The predicted octanol–water partition coefficient (Wildman–Crippen LogP) is 1.95. The molecule has 3 rings (SSSR count). The van der Waals surface area contributed by atoms with Gasteiger partial charge < -0.3 is 11.1 Å². The number of nitrogens with one attached hydrogen (secondary N) is 1. The van der Waals surface area contributed by atoms with Crippen molar-refractivity contribution in [1.29, 1.82) is 0 Å². The minimum absolute atomic E-state index is 0.136. The molecular formula is C13H15N5OS2. The average molecular weight is 321 g/mol. The zero-order valence-electron chi connectivity index (χ0n) is 11.7. The van der Waals surface area contributed by atoms with Crippen molar-refractivity contribution in [3.8, 4) is 0 Å². The van der Waals surface area contributed by atoms with Crippen LogP contribution in [0.3, 0.4) is 0 Å². The summed E-state index contributed by atoms with van der Waals surface area (Å²) in [6.07, 6.45) is 0.723. The molecule has 1 amide bonds. The van der Waals surface area contributed by atoms with E-state index in [2.05, 4.69) is 15.4 Å². The standard InChI is InChI=1S/C13H15N5OS2/c1-7-9-10(14)11(21-13(9)18(2)17-7)12(19)15-4-3-8-5-20-6-16-8/h5-6H,3-4,14H2,1-2H3,(H,15,19). The van der Waals surface area contributed by atoms with Crippen molar-refractivity contribution in [3.63, 3.8) is 0 Å². The molecular weight excluding hydrogens is 306 g/mol. The molecule has 0 unspecified atom stereocenters. The van der Waals surface area contributed by atoms with E-state index in [9.17, 15) is 4.79 Å². The first-order chi connectivity index (χ1) is 10.1. The lowest BCUT2D eigenvalue weighted by atomic mass is 10.2. The lowest BCUT2D eigenvalue weighted by Gasteiger charge is -2.03. The second-order valence-electron chi connectivity index (χ2n) is 4.72. The van der Waals surface area contributed by atoms with Crippen LogP contribution in [0, 0.1) is 6.92 Å². The summed E-state index contributed by atoms with van der Waals surface area (Å²) in [4.78, 5) is 17.9. The first kappa shape index (κ1) is 14.0. The molecule has 0 saturated carbocycles. The fraction of sp³-hybridized carbons (Fsp3) is 0.308. The number of aryl methyl sites for hydroxylation is 2. The molecule has 21 heavy (non-hydrogen) atoms. The van der Waals surface area contributed by atoms with Gasteiger partial charge in [0.15, 0.2) is 0 Å². The summed E-state index contributed by atoms with van der Waals surface area (Å²) in [5.41, 5.74) is 10.3. The summed E-state index contributed by atoms with van der Waals surface area (Å²) in [5.74, 6) is -0.136. The molecule has 0 radical (unpaired) electrons. The molecule has 6 nitrogen and oxygen atoms in total. The molecule has 0 fully saturated rings. The second-order valence-corrected chi connectivity index (χ2v) is 6.44. The van der Waals surface area contributed by atoms with Gasteiger partial charge in [0.2, 0.25) is 0 Å². The summed E-state index contributed by atoms with van der Waals surface area (Å²) in [6, 6.07) is 0. The van der Waals surface area contributed by atoms with Gasteiger partial charge in [0.05, 0.1) is 28.0 Å². The van der Waals surface area contributed by atoms with E-state index >= 15 is 0 Å². The lowest BCUT2D eigenvalue weighted by molar-refractivity contribution is 0.0959. The van der Waals surface area contributed by atoms with Crippen LogP contribution in [0.25, 0.3) is 10.2 Å². The number of nitrogen functional groups attached to an aromatic ring is 1. The van der Waals surface area contributed by atoms with Gasteiger partial charge in [0, 0.05) is 25.4 Å². The maximum Gasteiger partial charge on any atom is 0.263 e. The third-order valence-electron chi connectivity index (χ3n) is 3.24. The van der Waals surface area contributed by atoms with Crippen molar-refractivity contribution >= 4 is 44.5 Å². The highest BCUT2D eigenvalue weighted by molar-refractivity contribution is 7.21. The molecule has 0 aromatic carbocycles. The van der Waals surface area contributed by atoms with Gasteiger partial charge in [-0.15, -0.1) is 22.7 Å². The Labute approximate surface area is 129 Å². The van der Waals surface area contributed by atoms with Crippen LogP contribution in [-0.4, -0.2) is 27.2 Å². The number of amides is 1. The van der Waals surface area contributed by atoms with Crippen LogP contribution in [0.2, 0.25) is 0 Å². The average Bonchev–Trinajstić information content (AvgIpc) is 3.11. The number of carbonyl (C=O) groups is 1. The number of hydrogen-bond acceptors (Lipinski definition) is 6. The van der Waals surface area contributed by atoms with Crippen LogP contribution in [-0.2, 0) is 13.5 Å². The van der Waals surface area contributed by atoms with E-state index in [1.54, 1.807) is 21.5 Å². The monoisotopic (exact) mass is 321 g/mol. The molecule has 0 aliphatic rings. The van der Waals surface area contributed by atoms with Crippen molar-refractivity contribution in [3.05, 3.63) is 27.2 Å². The molecule has 0 aliphatic carbocycles. The van der Waals surface area contributed by atoms with E-state index < -0.39 is 0 Å². The van der Waals surface area contributed by atoms with Crippen molar-refractivity contribution in [2.75, 3.05) is 12.3 Å². The van der Waals surface area contributed by atoms with E-state index in [1.807, 2.05) is 19.4 Å². The van der Waals surface area contributed by atoms with E-state index in [0.29, 0.717) is 17.1 Å². The number of hydrogen-bond donors (Lipinski definition) is 2. The number of carbonyl (C=O) groups excluding carboxylic acids is 1. The summed E-state index contributed by atoms with van der Waals surface area (Å²) in [7, 11) is 1.86. The molecule has 3 aromatic heterocycles. The van der Waals surface area contributed by atoms with Gasteiger partial charge in [-0.05, 0) is 6.92 Å². The Morgan fingerprint density at radius 3 is 3.00 bits per heavy atom. The smallest absolute Gasteiger partial charge is 0.263 e. The van der Waals surface area contributed by atoms with Crippen molar-refractivity contribution < 1.29 is 4.79 Å². The lowest BCUT2D eigenvalue weighted by Crippen LogP contribution is -2.25. The van der Waals surface area contributed by atoms with Gasteiger partial charge in [-0.25, -0.2) is 4.98 Å². The molecule has 0 bridgehead atoms. The van der Waals surface area contributed by atoms with Crippen molar-refractivity contribution in [2.24, 2.45) is 7.05 Å². The fourth-order valence-electron chi connectivity index (χ4n) is 2.24. The largest absolute Gasteiger partial charge is 0.397 e. The van der Waals surface area contributed by atoms with E-state index in [4.69, 9.17) is 5.73 Å². The van der Waals surface area contributed by atoms with Crippen LogP contribution in [0.5, 0.6) is 0 Å². The highest BCUT2D eigenvalue weighted by Crippen LogP contribution is 2.35. The number of nitrogens with zero attached hydrogens (tertiary/aromatic N) is 3. The van der Waals surface area contributed by atoms with Crippen LogP contribution in [0.15, 0.2) is 10.9 Å². The van der Waals surface area contributed by atoms with Gasteiger partial charge in [-0.3, -0.25) is 9.48 Å². The summed E-state index contributed by atoms with van der Waals surface area (Å²) < 4.78 is 1.76. The maximum atomic E-state index is 12.3. The van der Waals surface area contributed by atoms with Crippen LogP contribution < -0.4 is 11.1 Å². The molecule has 0 saturated heterocycles. The number of fused-ring (bicyclic) bond motifs is 1. The second kappa shape index (κ2) is 5.45. The van der Waals surface area contributed by atoms with E-state index in [1.165, 1.54) is 11.3 Å². The van der Waals surface area contributed by atoms with Crippen molar-refractivity contribution in [2.45, 2.75) is 13.3 Å². The number of nitrogens with two attached hydrogens (primary N) is 1. The predicted molar refractivity (Wildman–Crippen MR) is 85.9 cm³/mol. The Hall–Kier alpha value is -1.93. The molecule has 8 heteroatoms. The normalized spacial score (nSPS) is 11.1. The van der Waals surface area contributed by atoms with E-state index in [-0.39, 0.29) is 5.91 Å². The fourth-order valence-corrected chi connectivity index (χ4v) is 3.94. The van der Waals surface area contributed by atoms with Crippen molar-refractivity contribution in [1.82, 2.24) is 20.1 Å². The summed E-state index contributed by atoms with van der Waals surface area (Å²) in [6.45, 7) is 2.45. The Kier molecular flexibility index (Phi) is 3.64. The zero-order valence-corrected chi connectivity index (χ0v) is 13.3. The molecule has 3 N–H and O–H groups in total. The Balaban J connectivity index is 1.75. The topological polar surface area (TPSA) is 85.8 Å². The number of thiazole rings is 1. The molecule has 3 aromatic rings. The summed E-state index contributed by atoms with van der Waals surface area (Å²) >= 11 is 2.93. The van der Waals surface area contributed by atoms with Gasteiger partial charge in [-0.1, -0.05) is 0 Å². The Morgan fingerprint density at radius 1 is 1.52 bits per heavy atom. The summed E-state index contributed by atoms with van der Waals surface area (Å²) in [5, 5.41) is 10.1. The third-order valence-corrected chi connectivity index (χ3v) is 5.15. The number of thiophene rings is 1. The number of aromatic nitrogens is 3. The Bertz CT molecular complexity index is 787. The Morgan fingerprint density at radius 2 is 2.33 bits per heavy atom.